The SMILES string of the molecule is Cc1cc(Cl)ccc1OCCN(C)C(=O)C1CC1(C)C. The maximum atomic E-state index is 12.1. The van der Waals surface area contributed by atoms with Crippen LogP contribution in [0.4, 0.5) is 0 Å². The largest absolute Gasteiger partial charge is 0.491 e. The van der Waals surface area contributed by atoms with Crippen LogP contribution < -0.4 is 4.74 Å². The molecule has 4 heteroatoms. The van der Waals surface area contributed by atoms with E-state index in [1.165, 1.54) is 0 Å². The highest BCUT2D eigenvalue weighted by atomic mass is 35.5. The van der Waals surface area contributed by atoms with Crippen LogP contribution in [0.1, 0.15) is 25.8 Å². The summed E-state index contributed by atoms with van der Waals surface area (Å²) in [6.45, 7) is 7.34. The van der Waals surface area contributed by atoms with Gasteiger partial charge in [-0.1, -0.05) is 25.4 Å². The van der Waals surface area contributed by atoms with Crippen molar-refractivity contribution in [3.63, 3.8) is 0 Å². The van der Waals surface area contributed by atoms with Gasteiger partial charge in [-0.05, 0) is 42.5 Å². The third kappa shape index (κ3) is 3.45. The number of aryl methyl sites for hydroxylation is 1. The van der Waals surface area contributed by atoms with E-state index >= 15 is 0 Å². The van der Waals surface area contributed by atoms with Crippen LogP contribution in [-0.4, -0.2) is 31.0 Å². The van der Waals surface area contributed by atoms with Gasteiger partial charge in [-0.2, -0.15) is 0 Å². The highest BCUT2D eigenvalue weighted by molar-refractivity contribution is 6.30. The molecule has 0 aliphatic heterocycles. The topological polar surface area (TPSA) is 29.5 Å². The predicted molar refractivity (Wildman–Crippen MR) is 81.2 cm³/mol. The fourth-order valence-electron chi connectivity index (χ4n) is 2.33. The summed E-state index contributed by atoms with van der Waals surface area (Å²) in [5, 5.41) is 0.707. The van der Waals surface area contributed by atoms with Crippen molar-refractivity contribution in [2.75, 3.05) is 20.2 Å². The Bertz CT molecular complexity index is 513. The van der Waals surface area contributed by atoms with E-state index in [9.17, 15) is 4.79 Å². The van der Waals surface area contributed by atoms with Gasteiger partial charge in [0.25, 0.3) is 0 Å². The molecule has 1 fully saturated rings. The quantitative estimate of drug-likeness (QED) is 0.831. The van der Waals surface area contributed by atoms with Crippen LogP contribution >= 0.6 is 11.6 Å². The smallest absolute Gasteiger partial charge is 0.226 e. The Morgan fingerprint density at radius 2 is 2.15 bits per heavy atom. The minimum Gasteiger partial charge on any atom is -0.491 e. The van der Waals surface area contributed by atoms with Crippen molar-refractivity contribution in [3.8, 4) is 5.75 Å². The van der Waals surface area contributed by atoms with Crippen molar-refractivity contribution in [3.05, 3.63) is 28.8 Å². The molecule has 1 aliphatic rings. The van der Waals surface area contributed by atoms with Gasteiger partial charge in [0, 0.05) is 18.0 Å². The minimum absolute atomic E-state index is 0.180. The Hall–Kier alpha value is -1.22. The molecule has 1 aromatic carbocycles. The van der Waals surface area contributed by atoms with Crippen LogP contribution in [-0.2, 0) is 4.79 Å². The average Bonchev–Trinajstić information content (AvgIpc) is 3.00. The fourth-order valence-corrected chi connectivity index (χ4v) is 2.56. The molecule has 0 aromatic heterocycles. The third-order valence-electron chi connectivity index (χ3n) is 4.01. The number of amides is 1. The van der Waals surface area contributed by atoms with Crippen molar-refractivity contribution < 1.29 is 9.53 Å². The van der Waals surface area contributed by atoms with E-state index in [1.807, 2.05) is 32.2 Å². The molecule has 1 aliphatic carbocycles. The third-order valence-corrected chi connectivity index (χ3v) is 4.24. The Balaban J connectivity index is 1.79. The number of benzene rings is 1. The Morgan fingerprint density at radius 1 is 1.50 bits per heavy atom. The lowest BCUT2D eigenvalue weighted by Crippen LogP contribution is -2.33. The second-order valence-electron chi connectivity index (χ2n) is 6.26. The fraction of sp³-hybridized carbons (Fsp3) is 0.562. The number of rotatable bonds is 5. The first-order valence-electron chi connectivity index (χ1n) is 6.95. The second kappa shape index (κ2) is 5.65. The molecule has 110 valence electrons. The number of hydrogen-bond donors (Lipinski definition) is 0. The lowest BCUT2D eigenvalue weighted by molar-refractivity contribution is -0.132. The molecular formula is C16H22ClNO2. The highest BCUT2D eigenvalue weighted by Gasteiger charge is 2.51. The zero-order chi connectivity index (χ0) is 14.9. The monoisotopic (exact) mass is 295 g/mol. The number of carbonyl (C=O) groups is 1. The molecule has 20 heavy (non-hydrogen) atoms. The van der Waals surface area contributed by atoms with E-state index in [2.05, 4.69) is 13.8 Å². The molecular weight excluding hydrogens is 274 g/mol. The van der Waals surface area contributed by atoms with Gasteiger partial charge in [0.2, 0.25) is 5.91 Å². The Labute approximate surface area is 125 Å². The second-order valence-corrected chi connectivity index (χ2v) is 6.70. The lowest BCUT2D eigenvalue weighted by atomic mass is 10.1. The number of ether oxygens (including phenoxy) is 1. The zero-order valence-corrected chi connectivity index (χ0v) is 13.3. The molecule has 1 saturated carbocycles. The van der Waals surface area contributed by atoms with Gasteiger partial charge in [-0.25, -0.2) is 0 Å². The van der Waals surface area contributed by atoms with E-state index in [4.69, 9.17) is 16.3 Å². The van der Waals surface area contributed by atoms with Gasteiger partial charge in [-0.15, -0.1) is 0 Å². The molecule has 1 aromatic rings. The van der Waals surface area contributed by atoms with Crippen molar-refractivity contribution in [1.82, 2.24) is 4.90 Å². The molecule has 0 spiro atoms. The number of nitrogens with zero attached hydrogens (tertiary/aromatic N) is 1. The van der Waals surface area contributed by atoms with Crippen LogP contribution in [0, 0.1) is 18.3 Å². The van der Waals surface area contributed by atoms with Gasteiger partial charge in [0.15, 0.2) is 0 Å². The van der Waals surface area contributed by atoms with Gasteiger partial charge >= 0.3 is 0 Å². The maximum absolute atomic E-state index is 12.1. The van der Waals surface area contributed by atoms with Gasteiger partial charge in [0.1, 0.15) is 12.4 Å². The van der Waals surface area contributed by atoms with Crippen LogP contribution in [0.25, 0.3) is 0 Å². The van der Waals surface area contributed by atoms with E-state index in [1.54, 1.807) is 4.90 Å². The standard InChI is InChI=1S/C16H22ClNO2/c1-11-9-12(17)5-6-14(11)20-8-7-18(4)15(19)13-10-16(13,2)3/h5-6,9,13H,7-8,10H2,1-4H3. The first-order valence-corrected chi connectivity index (χ1v) is 7.33. The average molecular weight is 296 g/mol. The Morgan fingerprint density at radius 3 is 2.70 bits per heavy atom. The van der Waals surface area contributed by atoms with Crippen LogP contribution in [0.3, 0.4) is 0 Å². The molecule has 0 N–H and O–H groups in total. The van der Waals surface area contributed by atoms with E-state index in [0.717, 1.165) is 17.7 Å². The van der Waals surface area contributed by atoms with Crippen molar-refractivity contribution in [1.29, 1.82) is 0 Å². The van der Waals surface area contributed by atoms with E-state index < -0.39 is 0 Å². The summed E-state index contributed by atoms with van der Waals surface area (Å²) in [7, 11) is 1.84. The summed E-state index contributed by atoms with van der Waals surface area (Å²) >= 11 is 5.90. The summed E-state index contributed by atoms with van der Waals surface area (Å²) in [5.74, 6) is 1.23. The molecule has 1 atom stereocenters. The number of hydrogen-bond acceptors (Lipinski definition) is 2. The molecule has 0 heterocycles. The maximum Gasteiger partial charge on any atom is 0.226 e. The van der Waals surface area contributed by atoms with Crippen LogP contribution in [0.5, 0.6) is 5.75 Å². The van der Waals surface area contributed by atoms with Crippen molar-refractivity contribution in [2.45, 2.75) is 27.2 Å². The summed E-state index contributed by atoms with van der Waals surface area (Å²) in [4.78, 5) is 13.9. The molecule has 0 bridgehead atoms. The molecule has 3 nitrogen and oxygen atoms in total. The summed E-state index contributed by atoms with van der Waals surface area (Å²) in [5.41, 5.74) is 1.19. The summed E-state index contributed by atoms with van der Waals surface area (Å²) < 4.78 is 5.71. The lowest BCUT2D eigenvalue weighted by Gasteiger charge is -2.19. The molecule has 1 unspecified atom stereocenters. The summed E-state index contributed by atoms with van der Waals surface area (Å²) in [6, 6.07) is 5.55. The van der Waals surface area contributed by atoms with Crippen molar-refractivity contribution >= 4 is 17.5 Å². The predicted octanol–water partition coefficient (Wildman–Crippen LogP) is 3.53. The van der Waals surface area contributed by atoms with Gasteiger partial charge in [-0.3, -0.25) is 4.79 Å². The molecule has 2 rings (SSSR count). The summed E-state index contributed by atoms with van der Waals surface area (Å²) in [6.07, 6.45) is 0.993. The molecule has 1 amide bonds. The first kappa shape index (κ1) is 15.2. The number of halogens is 1. The van der Waals surface area contributed by atoms with Crippen molar-refractivity contribution in [2.24, 2.45) is 11.3 Å². The van der Waals surface area contributed by atoms with Gasteiger partial charge < -0.3 is 9.64 Å². The number of likely N-dealkylation sites (N-methyl/N-ethyl adjacent to an activating group) is 1. The minimum atomic E-state index is 0.180. The Kier molecular flexibility index (Phi) is 4.28. The van der Waals surface area contributed by atoms with E-state index in [-0.39, 0.29) is 17.2 Å². The first-order chi connectivity index (χ1) is 9.31. The zero-order valence-electron chi connectivity index (χ0n) is 12.6. The number of carbonyl (C=O) groups excluding carboxylic acids is 1. The van der Waals surface area contributed by atoms with Gasteiger partial charge in [0.05, 0.1) is 6.54 Å². The van der Waals surface area contributed by atoms with E-state index in [0.29, 0.717) is 18.2 Å². The highest BCUT2D eigenvalue weighted by Crippen LogP contribution is 2.52. The van der Waals surface area contributed by atoms with Crippen LogP contribution in [0.2, 0.25) is 5.02 Å². The molecule has 0 radical (unpaired) electrons. The van der Waals surface area contributed by atoms with Crippen LogP contribution in [0.15, 0.2) is 18.2 Å². The normalized spacial score (nSPS) is 19.6. The molecule has 0 saturated heterocycles.